The molecule has 0 atom stereocenters. The summed E-state index contributed by atoms with van der Waals surface area (Å²) in [7, 11) is 0. The normalized spacial score (nSPS) is 10.6. The highest BCUT2D eigenvalue weighted by Gasteiger charge is 2.03. The summed E-state index contributed by atoms with van der Waals surface area (Å²) in [5, 5.41) is 6.59. The second kappa shape index (κ2) is 9.35. The third-order valence-electron chi connectivity index (χ3n) is 3.33. The number of oxime groups is 1. The molecule has 2 rings (SSSR count). The van der Waals surface area contributed by atoms with Crippen LogP contribution in [0.5, 0.6) is 5.75 Å². The molecule has 24 heavy (non-hydrogen) atoms. The minimum absolute atomic E-state index is 0.150. The quantitative estimate of drug-likeness (QED) is 0.595. The highest BCUT2D eigenvalue weighted by Crippen LogP contribution is 2.15. The number of benzene rings is 2. The Morgan fingerprint density at radius 3 is 2.58 bits per heavy atom. The molecule has 0 fully saturated rings. The van der Waals surface area contributed by atoms with Crippen LogP contribution < -0.4 is 10.1 Å². The molecule has 2 aromatic carbocycles. The van der Waals surface area contributed by atoms with Crippen LogP contribution in [0, 0.1) is 0 Å². The van der Waals surface area contributed by atoms with Gasteiger partial charge < -0.3 is 14.9 Å². The summed E-state index contributed by atoms with van der Waals surface area (Å²) in [5.41, 5.74) is 2.77. The molecule has 5 heteroatoms. The highest BCUT2D eigenvalue weighted by atomic mass is 16.6. The molecule has 1 N–H and O–H groups in total. The van der Waals surface area contributed by atoms with E-state index >= 15 is 0 Å². The number of carbonyl (C=O) groups excluding carboxylic acids is 1. The summed E-state index contributed by atoms with van der Waals surface area (Å²) in [6.45, 7) is 4.43. The van der Waals surface area contributed by atoms with E-state index in [1.807, 2.05) is 55.5 Å². The van der Waals surface area contributed by atoms with Crippen molar-refractivity contribution in [3.8, 4) is 5.75 Å². The number of rotatable bonds is 8. The number of nitrogens with one attached hydrogen (secondary N) is 1. The van der Waals surface area contributed by atoms with Crippen LogP contribution in [0.4, 0.5) is 5.69 Å². The predicted octanol–water partition coefficient (Wildman–Crippen LogP) is 3.64. The summed E-state index contributed by atoms with van der Waals surface area (Å²) in [4.78, 5) is 16.9. The molecule has 0 radical (unpaired) electrons. The van der Waals surface area contributed by atoms with Gasteiger partial charge in [-0.25, -0.2) is 0 Å². The van der Waals surface area contributed by atoms with Gasteiger partial charge in [-0.2, -0.15) is 0 Å². The third-order valence-corrected chi connectivity index (χ3v) is 3.33. The van der Waals surface area contributed by atoms with Crippen molar-refractivity contribution in [3.63, 3.8) is 0 Å². The minimum Gasteiger partial charge on any atom is -0.493 e. The van der Waals surface area contributed by atoms with Crippen LogP contribution in [0.15, 0.2) is 53.7 Å². The number of hydrogen-bond acceptors (Lipinski definition) is 4. The molecule has 1 amide bonds. The lowest BCUT2D eigenvalue weighted by Crippen LogP contribution is -2.16. The van der Waals surface area contributed by atoms with Gasteiger partial charge in [-0.1, -0.05) is 36.3 Å². The fraction of sp³-hybridized carbons (Fsp3) is 0.263. The molecule has 0 heterocycles. The molecule has 0 aliphatic carbocycles. The highest BCUT2D eigenvalue weighted by molar-refractivity contribution is 5.91. The molecular weight excluding hydrogens is 304 g/mol. The molecule has 0 aliphatic heterocycles. The van der Waals surface area contributed by atoms with Crippen molar-refractivity contribution in [3.05, 3.63) is 59.7 Å². The summed E-state index contributed by atoms with van der Waals surface area (Å²) < 4.78 is 5.49. The van der Waals surface area contributed by atoms with E-state index in [9.17, 15) is 4.79 Å². The van der Waals surface area contributed by atoms with E-state index in [1.165, 1.54) is 11.8 Å². The zero-order valence-corrected chi connectivity index (χ0v) is 14.0. The zero-order chi connectivity index (χ0) is 17.2. The zero-order valence-electron chi connectivity index (χ0n) is 14.0. The number of anilines is 1. The van der Waals surface area contributed by atoms with Gasteiger partial charge in [-0.15, -0.1) is 0 Å². The summed E-state index contributed by atoms with van der Waals surface area (Å²) >= 11 is 0. The van der Waals surface area contributed by atoms with Gasteiger partial charge in [0.25, 0.3) is 5.91 Å². The Balaban J connectivity index is 1.81. The number of amides is 1. The van der Waals surface area contributed by atoms with Gasteiger partial charge in [0.15, 0.2) is 6.61 Å². The number of ether oxygens (including phenoxy) is 1. The summed E-state index contributed by atoms with van der Waals surface area (Å²) in [5.74, 6) is 0.474. The Hall–Kier alpha value is -2.82. The van der Waals surface area contributed by atoms with Crippen molar-refractivity contribution in [1.82, 2.24) is 0 Å². The summed E-state index contributed by atoms with van der Waals surface area (Å²) in [6.07, 6.45) is 2.50. The molecule has 0 saturated carbocycles. The van der Waals surface area contributed by atoms with Gasteiger partial charge in [-0.3, -0.25) is 4.79 Å². The maximum Gasteiger partial charge on any atom is 0.265 e. The molecule has 0 bridgehead atoms. The SMILES string of the molecule is CCOc1ccccc1/C=N/OCC(=O)Nc1ccc(CC)cc1. The average molecular weight is 326 g/mol. The number of hydrogen-bond donors (Lipinski definition) is 1. The van der Waals surface area contributed by atoms with E-state index < -0.39 is 0 Å². The van der Waals surface area contributed by atoms with Gasteiger partial charge in [0, 0.05) is 11.3 Å². The van der Waals surface area contributed by atoms with Crippen LogP contribution in [-0.4, -0.2) is 25.3 Å². The maximum atomic E-state index is 11.8. The van der Waals surface area contributed by atoms with Crippen LogP contribution in [0.3, 0.4) is 0 Å². The second-order valence-corrected chi connectivity index (χ2v) is 5.08. The van der Waals surface area contributed by atoms with E-state index in [-0.39, 0.29) is 12.5 Å². The molecule has 0 aliphatic rings. The van der Waals surface area contributed by atoms with Crippen LogP contribution in [0.1, 0.15) is 25.0 Å². The Kier molecular flexibility index (Phi) is 6.83. The van der Waals surface area contributed by atoms with Gasteiger partial charge in [0.1, 0.15) is 5.75 Å². The lowest BCUT2D eigenvalue weighted by Gasteiger charge is -2.06. The fourth-order valence-corrected chi connectivity index (χ4v) is 2.08. The monoisotopic (exact) mass is 326 g/mol. The molecule has 126 valence electrons. The lowest BCUT2D eigenvalue weighted by atomic mass is 10.1. The predicted molar refractivity (Wildman–Crippen MR) is 95.6 cm³/mol. The second-order valence-electron chi connectivity index (χ2n) is 5.08. The molecule has 5 nitrogen and oxygen atoms in total. The third kappa shape index (κ3) is 5.43. The van der Waals surface area contributed by atoms with Crippen molar-refractivity contribution in [1.29, 1.82) is 0 Å². The van der Waals surface area contributed by atoms with Crippen LogP contribution >= 0.6 is 0 Å². The van der Waals surface area contributed by atoms with Crippen molar-refractivity contribution in [2.24, 2.45) is 5.16 Å². The summed E-state index contributed by atoms with van der Waals surface area (Å²) in [6, 6.07) is 15.2. The molecule has 2 aromatic rings. The van der Waals surface area contributed by atoms with E-state index in [0.717, 1.165) is 23.4 Å². The van der Waals surface area contributed by atoms with E-state index in [4.69, 9.17) is 9.57 Å². The largest absolute Gasteiger partial charge is 0.493 e. The first-order valence-electron chi connectivity index (χ1n) is 7.99. The standard InChI is InChI=1S/C19H22N2O3/c1-3-15-9-11-17(12-10-15)21-19(22)14-24-20-13-16-7-5-6-8-18(16)23-4-2/h5-13H,3-4,14H2,1-2H3,(H,21,22)/b20-13+. The Morgan fingerprint density at radius 2 is 1.88 bits per heavy atom. The average Bonchev–Trinajstić information content (AvgIpc) is 2.61. The lowest BCUT2D eigenvalue weighted by molar-refractivity contribution is -0.120. The van der Waals surface area contributed by atoms with Gasteiger partial charge in [0.2, 0.25) is 0 Å². The molecular formula is C19H22N2O3. The van der Waals surface area contributed by atoms with Gasteiger partial charge in [0.05, 0.1) is 12.8 Å². The molecule has 0 saturated heterocycles. The van der Waals surface area contributed by atoms with E-state index in [1.54, 1.807) is 0 Å². The first-order chi connectivity index (χ1) is 11.7. The first kappa shape index (κ1) is 17.5. The fourth-order valence-electron chi connectivity index (χ4n) is 2.08. The molecule has 0 spiro atoms. The topological polar surface area (TPSA) is 59.9 Å². The minimum atomic E-state index is -0.255. The smallest absolute Gasteiger partial charge is 0.265 e. The van der Waals surface area contributed by atoms with Gasteiger partial charge >= 0.3 is 0 Å². The van der Waals surface area contributed by atoms with Crippen molar-refractivity contribution < 1.29 is 14.4 Å². The first-order valence-corrected chi connectivity index (χ1v) is 7.99. The Morgan fingerprint density at radius 1 is 1.12 bits per heavy atom. The van der Waals surface area contributed by atoms with Gasteiger partial charge in [-0.05, 0) is 43.2 Å². The molecule has 0 unspecified atom stereocenters. The van der Waals surface area contributed by atoms with E-state index in [0.29, 0.717) is 6.61 Å². The number of aryl methyl sites for hydroxylation is 1. The van der Waals surface area contributed by atoms with Crippen molar-refractivity contribution in [2.75, 3.05) is 18.5 Å². The Labute approximate surface area is 142 Å². The number of nitrogens with zero attached hydrogens (tertiary/aromatic N) is 1. The molecule has 0 aromatic heterocycles. The van der Waals surface area contributed by atoms with Crippen molar-refractivity contribution in [2.45, 2.75) is 20.3 Å². The van der Waals surface area contributed by atoms with Crippen LogP contribution in [0.25, 0.3) is 0 Å². The number of para-hydroxylation sites is 1. The maximum absolute atomic E-state index is 11.8. The van der Waals surface area contributed by atoms with Crippen molar-refractivity contribution >= 4 is 17.8 Å². The van der Waals surface area contributed by atoms with Crippen LogP contribution in [0.2, 0.25) is 0 Å². The number of carbonyl (C=O) groups is 1. The Bertz CT molecular complexity index is 681. The van der Waals surface area contributed by atoms with Crippen LogP contribution in [-0.2, 0) is 16.1 Å². The van der Waals surface area contributed by atoms with E-state index in [2.05, 4.69) is 17.4 Å².